The number of nitrogens with zero attached hydrogens (tertiary/aromatic N) is 2. The fourth-order valence-corrected chi connectivity index (χ4v) is 2.51. The minimum absolute atomic E-state index is 0.411. The lowest BCUT2D eigenvalue weighted by atomic mass is 9.80. The summed E-state index contributed by atoms with van der Waals surface area (Å²) in [5, 5.41) is 7.67. The quantitative estimate of drug-likeness (QED) is 0.845. The molecule has 0 amide bonds. The standard InChI is InChI=1S/C12H21N3O2/c1-9-14-15-12(17-9)8-16-7-11-5-3-2-4-10(11)6-13/h10-11H,2-8,13H2,1H3. The molecule has 2 rings (SSSR count). The summed E-state index contributed by atoms with van der Waals surface area (Å²) < 4.78 is 10.9. The van der Waals surface area contributed by atoms with Gasteiger partial charge in [0.15, 0.2) is 0 Å². The van der Waals surface area contributed by atoms with E-state index in [1.807, 2.05) is 0 Å². The Morgan fingerprint density at radius 3 is 2.71 bits per heavy atom. The topological polar surface area (TPSA) is 74.2 Å². The van der Waals surface area contributed by atoms with E-state index in [9.17, 15) is 0 Å². The minimum Gasteiger partial charge on any atom is -0.423 e. The van der Waals surface area contributed by atoms with Crippen LogP contribution in [-0.2, 0) is 11.3 Å². The van der Waals surface area contributed by atoms with Crippen molar-refractivity contribution in [1.82, 2.24) is 10.2 Å². The Morgan fingerprint density at radius 2 is 2.06 bits per heavy atom. The van der Waals surface area contributed by atoms with E-state index in [0.717, 1.165) is 13.2 Å². The highest BCUT2D eigenvalue weighted by molar-refractivity contribution is 4.78. The molecule has 1 aliphatic carbocycles. The van der Waals surface area contributed by atoms with Gasteiger partial charge in [-0.1, -0.05) is 12.8 Å². The van der Waals surface area contributed by atoms with Crippen LogP contribution in [0, 0.1) is 18.8 Å². The first-order chi connectivity index (χ1) is 8.29. The van der Waals surface area contributed by atoms with Crippen molar-refractivity contribution in [2.45, 2.75) is 39.2 Å². The molecule has 0 spiro atoms. The van der Waals surface area contributed by atoms with Crippen molar-refractivity contribution in [1.29, 1.82) is 0 Å². The molecule has 2 atom stereocenters. The molecule has 1 heterocycles. The molecule has 1 fully saturated rings. The molecule has 1 aliphatic rings. The fourth-order valence-electron chi connectivity index (χ4n) is 2.51. The molecule has 5 heteroatoms. The zero-order chi connectivity index (χ0) is 12.1. The number of hydrogen-bond acceptors (Lipinski definition) is 5. The van der Waals surface area contributed by atoms with Crippen molar-refractivity contribution < 1.29 is 9.15 Å². The largest absolute Gasteiger partial charge is 0.423 e. The van der Waals surface area contributed by atoms with E-state index in [0.29, 0.717) is 30.2 Å². The van der Waals surface area contributed by atoms with Gasteiger partial charge in [0.1, 0.15) is 6.61 Å². The predicted molar refractivity (Wildman–Crippen MR) is 63.2 cm³/mol. The van der Waals surface area contributed by atoms with Gasteiger partial charge in [0.25, 0.3) is 0 Å². The zero-order valence-corrected chi connectivity index (χ0v) is 10.4. The van der Waals surface area contributed by atoms with Gasteiger partial charge in [-0.05, 0) is 31.2 Å². The lowest BCUT2D eigenvalue weighted by Gasteiger charge is -2.30. The third-order valence-electron chi connectivity index (χ3n) is 3.49. The van der Waals surface area contributed by atoms with E-state index in [2.05, 4.69) is 10.2 Å². The van der Waals surface area contributed by atoms with Gasteiger partial charge in [-0.2, -0.15) is 0 Å². The maximum Gasteiger partial charge on any atom is 0.242 e. The number of rotatable bonds is 5. The number of aromatic nitrogens is 2. The molecular formula is C12H21N3O2. The molecule has 96 valence electrons. The molecule has 0 radical (unpaired) electrons. The SMILES string of the molecule is Cc1nnc(COCC2CCCCC2CN)o1. The Bertz CT molecular complexity index is 340. The smallest absolute Gasteiger partial charge is 0.242 e. The van der Waals surface area contributed by atoms with Gasteiger partial charge in [0, 0.05) is 6.92 Å². The van der Waals surface area contributed by atoms with Gasteiger partial charge >= 0.3 is 0 Å². The predicted octanol–water partition coefficient (Wildman–Crippen LogP) is 1.66. The highest BCUT2D eigenvalue weighted by Crippen LogP contribution is 2.29. The Labute approximate surface area is 102 Å². The van der Waals surface area contributed by atoms with E-state index in [1.54, 1.807) is 6.92 Å². The van der Waals surface area contributed by atoms with Crippen LogP contribution in [0.15, 0.2) is 4.42 Å². The Balaban J connectivity index is 1.73. The highest BCUT2D eigenvalue weighted by Gasteiger charge is 2.24. The lowest BCUT2D eigenvalue weighted by Crippen LogP contribution is -2.29. The maximum atomic E-state index is 5.78. The number of hydrogen-bond donors (Lipinski definition) is 1. The van der Waals surface area contributed by atoms with Crippen LogP contribution in [0.3, 0.4) is 0 Å². The van der Waals surface area contributed by atoms with Gasteiger partial charge in [0.05, 0.1) is 6.61 Å². The second kappa shape index (κ2) is 6.12. The summed E-state index contributed by atoms with van der Waals surface area (Å²) >= 11 is 0. The van der Waals surface area contributed by atoms with Crippen molar-refractivity contribution in [3.63, 3.8) is 0 Å². The first-order valence-corrected chi connectivity index (χ1v) is 6.36. The Kier molecular flexibility index (Phi) is 4.50. The van der Waals surface area contributed by atoms with E-state index in [-0.39, 0.29) is 0 Å². The Hall–Kier alpha value is -0.940. The number of ether oxygens (including phenoxy) is 1. The van der Waals surface area contributed by atoms with Crippen LogP contribution in [0.4, 0.5) is 0 Å². The number of nitrogens with two attached hydrogens (primary N) is 1. The van der Waals surface area contributed by atoms with Crippen LogP contribution < -0.4 is 5.73 Å². The molecule has 1 aromatic rings. The summed E-state index contributed by atoms with van der Waals surface area (Å²) in [5.41, 5.74) is 5.78. The monoisotopic (exact) mass is 239 g/mol. The van der Waals surface area contributed by atoms with E-state index in [1.165, 1.54) is 25.7 Å². The molecule has 1 saturated carbocycles. The number of aryl methyl sites for hydroxylation is 1. The van der Waals surface area contributed by atoms with Crippen LogP contribution >= 0.6 is 0 Å². The summed E-state index contributed by atoms with van der Waals surface area (Å²) in [6.07, 6.45) is 5.07. The van der Waals surface area contributed by atoms with Gasteiger partial charge in [-0.25, -0.2) is 0 Å². The third kappa shape index (κ3) is 3.51. The summed E-state index contributed by atoms with van der Waals surface area (Å²) in [7, 11) is 0. The average molecular weight is 239 g/mol. The van der Waals surface area contributed by atoms with Gasteiger partial charge in [-0.3, -0.25) is 0 Å². The summed E-state index contributed by atoms with van der Waals surface area (Å²) in [5.74, 6) is 2.36. The fraction of sp³-hybridized carbons (Fsp3) is 0.833. The van der Waals surface area contributed by atoms with Crippen LogP contribution in [-0.4, -0.2) is 23.3 Å². The summed E-state index contributed by atoms with van der Waals surface area (Å²) in [6, 6.07) is 0. The molecule has 1 aromatic heterocycles. The molecule has 0 aromatic carbocycles. The summed E-state index contributed by atoms with van der Waals surface area (Å²) in [4.78, 5) is 0. The van der Waals surface area contributed by atoms with Crippen molar-refractivity contribution in [3.05, 3.63) is 11.8 Å². The molecule has 0 bridgehead atoms. The second-order valence-corrected chi connectivity index (χ2v) is 4.77. The van der Waals surface area contributed by atoms with E-state index >= 15 is 0 Å². The van der Waals surface area contributed by atoms with Gasteiger partial charge < -0.3 is 14.9 Å². The molecule has 2 N–H and O–H groups in total. The lowest BCUT2D eigenvalue weighted by molar-refractivity contribution is 0.0407. The van der Waals surface area contributed by atoms with Gasteiger partial charge in [0.2, 0.25) is 11.8 Å². The molecule has 0 aliphatic heterocycles. The van der Waals surface area contributed by atoms with Crippen molar-refractivity contribution >= 4 is 0 Å². The Morgan fingerprint density at radius 1 is 1.29 bits per heavy atom. The van der Waals surface area contributed by atoms with Crippen molar-refractivity contribution in [2.75, 3.05) is 13.2 Å². The van der Waals surface area contributed by atoms with Crippen LogP contribution in [0.1, 0.15) is 37.5 Å². The van der Waals surface area contributed by atoms with E-state index < -0.39 is 0 Å². The molecule has 17 heavy (non-hydrogen) atoms. The van der Waals surface area contributed by atoms with Crippen molar-refractivity contribution in [3.8, 4) is 0 Å². The first kappa shape index (κ1) is 12.5. The zero-order valence-electron chi connectivity index (χ0n) is 10.4. The van der Waals surface area contributed by atoms with Crippen LogP contribution in [0.2, 0.25) is 0 Å². The first-order valence-electron chi connectivity index (χ1n) is 6.36. The third-order valence-corrected chi connectivity index (χ3v) is 3.49. The molecule has 2 unspecified atom stereocenters. The maximum absolute atomic E-state index is 5.78. The van der Waals surface area contributed by atoms with Crippen LogP contribution in [0.5, 0.6) is 0 Å². The van der Waals surface area contributed by atoms with Crippen molar-refractivity contribution in [2.24, 2.45) is 17.6 Å². The van der Waals surface area contributed by atoms with Crippen LogP contribution in [0.25, 0.3) is 0 Å². The minimum atomic E-state index is 0.411. The normalized spacial score (nSPS) is 25.1. The molecule has 0 saturated heterocycles. The average Bonchev–Trinajstić information content (AvgIpc) is 2.76. The highest BCUT2D eigenvalue weighted by atomic mass is 16.5. The molecule has 5 nitrogen and oxygen atoms in total. The van der Waals surface area contributed by atoms with Gasteiger partial charge in [-0.15, -0.1) is 10.2 Å². The second-order valence-electron chi connectivity index (χ2n) is 4.77. The van der Waals surface area contributed by atoms with E-state index in [4.69, 9.17) is 14.9 Å². The summed E-state index contributed by atoms with van der Waals surface area (Å²) in [6.45, 7) is 3.72. The molecular weight excluding hydrogens is 218 g/mol.